The zero-order valence-corrected chi connectivity index (χ0v) is 13.9. The summed E-state index contributed by atoms with van der Waals surface area (Å²) in [5.41, 5.74) is 2.74. The molecular formula is C18H20N2O2S. The van der Waals surface area contributed by atoms with Crippen LogP contribution in [0.2, 0.25) is 0 Å². The molecule has 0 radical (unpaired) electrons. The summed E-state index contributed by atoms with van der Waals surface area (Å²) < 4.78 is 0. The number of benzene rings is 1. The summed E-state index contributed by atoms with van der Waals surface area (Å²) in [4.78, 5) is 26.8. The smallest absolute Gasteiger partial charge is 0.253 e. The first-order valence-electron chi connectivity index (χ1n) is 7.81. The Morgan fingerprint density at radius 1 is 1.30 bits per heavy atom. The molecule has 0 bridgehead atoms. The summed E-state index contributed by atoms with van der Waals surface area (Å²) >= 11 is 1.50. The number of carbonyl (C=O) groups is 2. The number of nitrogens with one attached hydrogen (secondary N) is 1. The number of thiophene rings is 1. The molecule has 1 aromatic heterocycles. The summed E-state index contributed by atoms with van der Waals surface area (Å²) in [6.07, 6.45) is 1.62. The van der Waals surface area contributed by atoms with Crippen molar-refractivity contribution in [3.05, 3.63) is 57.8 Å². The Hall–Kier alpha value is -2.14. The molecule has 1 aromatic carbocycles. The second kappa shape index (κ2) is 6.96. The zero-order chi connectivity index (χ0) is 16.2. The van der Waals surface area contributed by atoms with E-state index in [0.29, 0.717) is 18.5 Å². The highest BCUT2D eigenvalue weighted by atomic mass is 32.1. The van der Waals surface area contributed by atoms with Gasteiger partial charge in [-0.25, -0.2) is 0 Å². The molecule has 0 saturated carbocycles. The van der Waals surface area contributed by atoms with Crippen molar-refractivity contribution in [1.82, 2.24) is 10.2 Å². The van der Waals surface area contributed by atoms with Crippen LogP contribution in [0.15, 0.2) is 41.1 Å². The van der Waals surface area contributed by atoms with Gasteiger partial charge in [0.1, 0.15) is 6.04 Å². The number of carbonyl (C=O) groups excluding carboxylic acids is 2. The molecule has 0 spiro atoms. The number of amides is 2. The van der Waals surface area contributed by atoms with Crippen molar-refractivity contribution >= 4 is 23.2 Å². The highest BCUT2D eigenvalue weighted by molar-refractivity contribution is 7.08. The topological polar surface area (TPSA) is 49.4 Å². The van der Waals surface area contributed by atoms with Crippen LogP contribution in [0.3, 0.4) is 0 Å². The van der Waals surface area contributed by atoms with Gasteiger partial charge in [-0.1, -0.05) is 30.3 Å². The first-order chi connectivity index (χ1) is 11.1. The van der Waals surface area contributed by atoms with E-state index in [4.69, 9.17) is 0 Å². The van der Waals surface area contributed by atoms with Crippen LogP contribution in [0.5, 0.6) is 0 Å². The van der Waals surface area contributed by atoms with E-state index in [1.54, 1.807) is 0 Å². The SMILES string of the molecule is Cc1cscc1C(=O)N[C@@H]1CCCN(Cc2ccccc2)C1=O. The van der Waals surface area contributed by atoms with Crippen LogP contribution in [-0.2, 0) is 11.3 Å². The van der Waals surface area contributed by atoms with Crippen molar-refractivity contribution in [2.45, 2.75) is 32.4 Å². The van der Waals surface area contributed by atoms with Crippen LogP contribution in [0.4, 0.5) is 0 Å². The summed E-state index contributed by atoms with van der Waals surface area (Å²) in [6, 6.07) is 9.53. The molecule has 3 rings (SSSR count). The standard InChI is InChI=1S/C18H20N2O2S/c1-13-11-23-12-15(13)17(21)19-16-8-5-9-20(18(16)22)10-14-6-3-2-4-7-14/h2-4,6-7,11-12,16H,5,8-10H2,1H3,(H,19,21)/t16-/m1/s1. The van der Waals surface area contributed by atoms with Crippen LogP contribution in [0.25, 0.3) is 0 Å². The van der Waals surface area contributed by atoms with Crippen molar-refractivity contribution in [3.8, 4) is 0 Å². The van der Waals surface area contributed by atoms with Crippen LogP contribution in [0, 0.1) is 6.92 Å². The fraction of sp³-hybridized carbons (Fsp3) is 0.333. The minimum atomic E-state index is -0.417. The quantitative estimate of drug-likeness (QED) is 0.938. The Bertz CT molecular complexity index is 696. The lowest BCUT2D eigenvalue weighted by Gasteiger charge is -2.32. The van der Waals surface area contributed by atoms with Gasteiger partial charge in [-0.3, -0.25) is 9.59 Å². The normalized spacial score (nSPS) is 18.0. The summed E-state index contributed by atoms with van der Waals surface area (Å²) in [5.74, 6) is -0.134. The molecule has 2 aromatic rings. The molecule has 1 aliphatic heterocycles. The Morgan fingerprint density at radius 3 is 2.78 bits per heavy atom. The third kappa shape index (κ3) is 3.62. The molecule has 1 N–H and O–H groups in total. The van der Waals surface area contributed by atoms with E-state index in [-0.39, 0.29) is 11.8 Å². The van der Waals surface area contributed by atoms with Crippen molar-refractivity contribution in [3.63, 3.8) is 0 Å². The van der Waals surface area contributed by atoms with Crippen LogP contribution < -0.4 is 5.32 Å². The molecule has 23 heavy (non-hydrogen) atoms. The van der Waals surface area contributed by atoms with E-state index in [1.165, 1.54) is 11.3 Å². The number of likely N-dealkylation sites (tertiary alicyclic amines) is 1. The summed E-state index contributed by atoms with van der Waals surface area (Å²) in [6.45, 7) is 3.26. The average Bonchev–Trinajstić information content (AvgIpc) is 2.98. The number of nitrogens with zero attached hydrogens (tertiary/aromatic N) is 1. The first kappa shape index (κ1) is 15.7. The predicted molar refractivity (Wildman–Crippen MR) is 91.4 cm³/mol. The van der Waals surface area contributed by atoms with Gasteiger partial charge in [-0.05, 0) is 36.3 Å². The summed E-state index contributed by atoms with van der Waals surface area (Å²) in [7, 11) is 0. The molecule has 1 fully saturated rings. The maximum absolute atomic E-state index is 12.6. The maximum Gasteiger partial charge on any atom is 0.253 e. The lowest BCUT2D eigenvalue weighted by molar-refractivity contribution is -0.136. The molecule has 1 aliphatic rings. The lowest BCUT2D eigenvalue weighted by atomic mass is 10.0. The van der Waals surface area contributed by atoms with E-state index >= 15 is 0 Å². The Kier molecular flexibility index (Phi) is 4.76. The van der Waals surface area contributed by atoms with Gasteiger partial charge >= 0.3 is 0 Å². The lowest BCUT2D eigenvalue weighted by Crippen LogP contribution is -2.51. The number of hydrogen-bond acceptors (Lipinski definition) is 3. The van der Waals surface area contributed by atoms with Gasteiger partial charge < -0.3 is 10.2 Å². The van der Waals surface area contributed by atoms with E-state index in [2.05, 4.69) is 5.32 Å². The molecule has 0 aliphatic carbocycles. The monoisotopic (exact) mass is 328 g/mol. The largest absolute Gasteiger partial charge is 0.340 e. The maximum atomic E-state index is 12.6. The van der Waals surface area contributed by atoms with Gasteiger partial charge in [0, 0.05) is 18.5 Å². The molecule has 4 nitrogen and oxygen atoms in total. The van der Waals surface area contributed by atoms with Crippen molar-refractivity contribution in [2.24, 2.45) is 0 Å². The van der Waals surface area contributed by atoms with E-state index in [0.717, 1.165) is 24.1 Å². The number of hydrogen-bond donors (Lipinski definition) is 1. The summed E-state index contributed by atoms with van der Waals surface area (Å²) in [5, 5.41) is 6.68. The van der Waals surface area contributed by atoms with Gasteiger partial charge in [0.2, 0.25) is 5.91 Å². The highest BCUT2D eigenvalue weighted by Crippen LogP contribution is 2.18. The number of piperidine rings is 1. The average molecular weight is 328 g/mol. The Labute approximate surface area is 140 Å². The minimum Gasteiger partial charge on any atom is -0.340 e. The first-order valence-corrected chi connectivity index (χ1v) is 8.76. The van der Waals surface area contributed by atoms with Gasteiger partial charge in [0.05, 0.1) is 5.56 Å². The Morgan fingerprint density at radius 2 is 2.09 bits per heavy atom. The van der Waals surface area contributed by atoms with Gasteiger partial charge in [-0.15, -0.1) is 0 Å². The van der Waals surface area contributed by atoms with Gasteiger partial charge in [-0.2, -0.15) is 11.3 Å². The molecule has 0 unspecified atom stereocenters. The Balaban J connectivity index is 1.65. The van der Waals surface area contributed by atoms with E-state index < -0.39 is 6.04 Å². The molecule has 2 amide bonds. The van der Waals surface area contributed by atoms with Gasteiger partial charge in [0.15, 0.2) is 0 Å². The van der Waals surface area contributed by atoms with Crippen LogP contribution in [-0.4, -0.2) is 29.3 Å². The zero-order valence-electron chi connectivity index (χ0n) is 13.1. The van der Waals surface area contributed by atoms with Gasteiger partial charge in [0.25, 0.3) is 5.91 Å². The molecular weight excluding hydrogens is 308 g/mol. The second-order valence-electron chi connectivity index (χ2n) is 5.88. The van der Waals surface area contributed by atoms with E-state index in [9.17, 15) is 9.59 Å². The fourth-order valence-electron chi connectivity index (χ4n) is 2.86. The molecule has 120 valence electrons. The number of aryl methyl sites for hydroxylation is 1. The van der Waals surface area contributed by atoms with Crippen molar-refractivity contribution < 1.29 is 9.59 Å². The molecule has 1 saturated heterocycles. The molecule has 5 heteroatoms. The van der Waals surface area contributed by atoms with Crippen LogP contribution >= 0.6 is 11.3 Å². The predicted octanol–water partition coefficient (Wildman–Crippen LogP) is 2.98. The fourth-order valence-corrected chi connectivity index (χ4v) is 3.69. The molecule has 2 heterocycles. The van der Waals surface area contributed by atoms with Crippen molar-refractivity contribution in [1.29, 1.82) is 0 Å². The van der Waals surface area contributed by atoms with Crippen LogP contribution in [0.1, 0.15) is 34.3 Å². The molecule has 1 atom stereocenters. The number of rotatable bonds is 4. The van der Waals surface area contributed by atoms with Crippen molar-refractivity contribution in [2.75, 3.05) is 6.54 Å². The second-order valence-corrected chi connectivity index (χ2v) is 6.63. The van der Waals surface area contributed by atoms with E-state index in [1.807, 2.05) is 52.9 Å². The third-order valence-electron chi connectivity index (χ3n) is 4.15. The minimum absolute atomic E-state index is 0.0151. The highest BCUT2D eigenvalue weighted by Gasteiger charge is 2.30. The third-order valence-corrected chi connectivity index (χ3v) is 5.01.